The zero-order valence-corrected chi connectivity index (χ0v) is 21.6. The van der Waals surface area contributed by atoms with Crippen molar-refractivity contribution in [1.29, 1.82) is 0 Å². The molecule has 3 aliphatic rings. The fourth-order valence-electron chi connectivity index (χ4n) is 5.31. The average Bonchev–Trinajstić information content (AvgIpc) is 3.61. The standard InChI is InChI=1S/C25H28F7N5O4/c26-22(27)5-3-15(4-6-22)24(33,41-21(39)25(30,31)32)17-11-37-18(35-17)7-14(10-34-37)20(13-1-2-13)36-19(38)12-40-16-8-23(28,29)9-16/h7,10-11,13,15-16,20H,1-6,8-9,12,33H2,(H,36,38)/t20-,24+/m1/s1. The molecular formula is C25H28F7N5O4. The van der Waals surface area contributed by atoms with Gasteiger partial charge in [-0.1, -0.05) is 0 Å². The third-order valence-electron chi connectivity index (χ3n) is 7.83. The van der Waals surface area contributed by atoms with E-state index in [-0.39, 0.29) is 30.1 Å². The van der Waals surface area contributed by atoms with Crippen LogP contribution in [-0.4, -0.2) is 57.2 Å². The molecule has 0 saturated heterocycles. The van der Waals surface area contributed by atoms with E-state index in [1.807, 2.05) is 0 Å². The minimum absolute atomic E-state index is 0.0518. The summed E-state index contributed by atoms with van der Waals surface area (Å²) in [6, 6.07) is 0.992. The highest BCUT2D eigenvalue weighted by Crippen LogP contribution is 2.45. The lowest BCUT2D eigenvalue weighted by Crippen LogP contribution is -2.52. The first-order valence-corrected chi connectivity index (χ1v) is 13.2. The van der Waals surface area contributed by atoms with E-state index in [4.69, 9.17) is 15.2 Å². The maximum absolute atomic E-state index is 13.8. The van der Waals surface area contributed by atoms with Crippen LogP contribution in [0.25, 0.3) is 5.65 Å². The molecule has 0 unspecified atom stereocenters. The van der Waals surface area contributed by atoms with Crippen LogP contribution in [0.1, 0.15) is 68.7 Å². The Kier molecular flexibility index (Phi) is 7.45. The Hall–Kier alpha value is -3.01. The van der Waals surface area contributed by atoms with E-state index in [9.17, 15) is 40.3 Å². The zero-order chi connectivity index (χ0) is 29.8. The number of halogens is 7. The van der Waals surface area contributed by atoms with E-state index < -0.39 is 86.0 Å². The predicted octanol–water partition coefficient (Wildman–Crippen LogP) is 4.15. The van der Waals surface area contributed by atoms with Crippen LogP contribution in [0.5, 0.6) is 0 Å². The highest BCUT2D eigenvalue weighted by molar-refractivity contribution is 5.78. The number of carbonyl (C=O) groups excluding carboxylic acids is 2. The maximum Gasteiger partial charge on any atom is 0.491 e. The Morgan fingerprint density at radius 3 is 2.34 bits per heavy atom. The number of ether oxygens (including phenoxy) is 2. The number of aromatic nitrogens is 3. The molecule has 0 spiro atoms. The van der Waals surface area contributed by atoms with Gasteiger partial charge in [-0.2, -0.15) is 18.3 Å². The zero-order valence-electron chi connectivity index (χ0n) is 21.6. The minimum atomic E-state index is -5.38. The van der Waals surface area contributed by atoms with Crippen LogP contribution in [0.2, 0.25) is 0 Å². The number of rotatable bonds is 9. The van der Waals surface area contributed by atoms with E-state index in [0.29, 0.717) is 5.56 Å². The predicted molar refractivity (Wildman–Crippen MR) is 125 cm³/mol. The number of nitrogens with two attached hydrogens (primary N) is 1. The Balaban J connectivity index is 1.36. The molecule has 3 fully saturated rings. The van der Waals surface area contributed by atoms with Crippen LogP contribution in [-0.2, 0) is 24.8 Å². The molecule has 9 nitrogen and oxygen atoms in total. The molecule has 2 aromatic rings. The second-order valence-electron chi connectivity index (χ2n) is 11.1. The molecule has 0 aromatic carbocycles. The van der Waals surface area contributed by atoms with E-state index >= 15 is 0 Å². The molecule has 0 radical (unpaired) electrons. The first-order chi connectivity index (χ1) is 19.0. The molecule has 0 aliphatic heterocycles. The van der Waals surface area contributed by atoms with Crippen molar-refractivity contribution in [2.24, 2.45) is 17.6 Å². The molecule has 2 atom stereocenters. The number of alkyl halides is 7. The van der Waals surface area contributed by atoms with Crippen molar-refractivity contribution in [3.05, 3.63) is 29.7 Å². The van der Waals surface area contributed by atoms with Crippen molar-refractivity contribution in [2.45, 2.75) is 87.3 Å². The van der Waals surface area contributed by atoms with Crippen molar-refractivity contribution in [2.75, 3.05) is 6.61 Å². The van der Waals surface area contributed by atoms with Gasteiger partial charge in [0.2, 0.25) is 17.6 Å². The molecule has 2 aromatic heterocycles. The monoisotopic (exact) mass is 595 g/mol. The van der Waals surface area contributed by atoms with Gasteiger partial charge in [0.15, 0.2) is 5.65 Å². The Bertz CT molecular complexity index is 1300. The van der Waals surface area contributed by atoms with Gasteiger partial charge in [-0.3, -0.25) is 10.5 Å². The van der Waals surface area contributed by atoms with Crippen molar-refractivity contribution in [3.63, 3.8) is 0 Å². The molecule has 1 amide bonds. The summed E-state index contributed by atoms with van der Waals surface area (Å²) in [5, 5.41) is 7.02. The third-order valence-corrected chi connectivity index (χ3v) is 7.83. The number of amides is 1. The molecule has 3 aliphatic carbocycles. The normalized spacial score (nSPS) is 23.4. The van der Waals surface area contributed by atoms with Crippen LogP contribution in [0, 0.1) is 11.8 Å². The summed E-state index contributed by atoms with van der Waals surface area (Å²) < 4.78 is 104. The molecule has 2 heterocycles. The fraction of sp³-hybridized carbons (Fsp3) is 0.680. The number of nitrogens with one attached hydrogen (secondary N) is 1. The third kappa shape index (κ3) is 6.58. The highest BCUT2D eigenvalue weighted by atomic mass is 19.4. The van der Waals surface area contributed by atoms with Gasteiger partial charge < -0.3 is 14.8 Å². The number of nitrogens with zero attached hydrogens (tertiary/aromatic N) is 3. The molecule has 0 bridgehead atoms. The number of hydrogen-bond acceptors (Lipinski definition) is 7. The smallest absolute Gasteiger partial charge is 0.431 e. The van der Waals surface area contributed by atoms with Gasteiger partial charge in [0.1, 0.15) is 12.3 Å². The minimum Gasteiger partial charge on any atom is -0.431 e. The van der Waals surface area contributed by atoms with Crippen LogP contribution < -0.4 is 11.1 Å². The maximum atomic E-state index is 13.8. The quantitative estimate of drug-likeness (QED) is 0.254. The molecule has 5 rings (SSSR count). The summed E-state index contributed by atoms with van der Waals surface area (Å²) in [6.07, 6.45) is -4.72. The molecule has 3 N–H and O–H groups in total. The van der Waals surface area contributed by atoms with Gasteiger partial charge in [0.05, 0.1) is 24.5 Å². The van der Waals surface area contributed by atoms with Gasteiger partial charge in [0.25, 0.3) is 5.92 Å². The number of hydrogen-bond donors (Lipinski definition) is 2. The van der Waals surface area contributed by atoms with Crippen LogP contribution in [0.15, 0.2) is 18.5 Å². The lowest BCUT2D eigenvalue weighted by Gasteiger charge is -2.39. The first kappa shape index (κ1) is 29.5. The van der Waals surface area contributed by atoms with Crippen LogP contribution >= 0.6 is 0 Å². The van der Waals surface area contributed by atoms with Crippen molar-refractivity contribution in [1.82, 2.24) is 19.9 Å². The second kappa shape index (κ2) is 10.4. The van der Waals surface area contributed by atoms with Gasteiger partial charge in [0, 0.05) is 31.6 Å². The van der Waals surface area contributed by atoms with E-state index in [1.165, 1.54) is 23.0 Å². The molecule has 3 saturated carbocycles. The summed E-state index contributed by atoms with van der Waals surface area (Å²) in [5.41, 5.74) is 4.10. The molecule has 226 valence electrons. The largest absolute Gasteiger partial charge is 0.491 e. The van der Waals surface area contributed by atoms with Gasteiger partial charge >= 0.3 is 12.1 Å². The van der Waals surface area contributed by atoms with Crippen molar-refractivity contribution >= 4 is 17.5 Å². The molecule has 16 heteroatoms. The summed E-state index contributed by atoms with van der Waals surface area (Å²) >= 11 is 0. The summed E-state index contributed by atoms with van der Waals surface area (Å²) in [5.74, 6) is -9.92. The van der Waals surface area contributed by atoms with Gasteiger partial charge in [-0.05, 0) is 43.2 Å². The fourth-order valence-corrected chi connectivity index (χ4v) is 5.31. The lowest BCUT2D eigenvalue weighted by molar-refractivity contribution is -0.223. The Labute approximate surface area is 228 Å². The summed E-state index contributed by atoms with van der Waals surface area (Å²) in [7, 11) is 0. The number of carbonyl (C=O) groups is 2. The van der Waals surface area contributed by atoms with Crippen molar-refractivity contribution in [3.8, 4) is 0 Å². The first-order valence-electron chi connectivity index (χ1n) is 13.2. The number of esters is 1. The summed E-state index contributed by atoms with van der Waals surface area (Å²) in [6.45, 7) is -0.409. The van der Waals surface area contributed by atoms with Gasteiger partial charge in [-0.15, -0.1) is 0 Å². The topological polar surface area (TPSA) is 121 Å². The van der Waals surface area contributed by atoms with E-state index in [2.05, 4.69) is 15.4 Å². The van der Waals surface area contributed by atoms with Crippen LogP contribution in [0.4, 0.5) is 30.7 Å². The lowest BCUT2D eigenvalue weighted by atomic mass is 9.79. The summed E-state index contributed by atoms with van der Waals surface area (Å²) in [4.78, 5) is 28.6. The number of fused-ring (bicyclic) bond motifs is 1. The van der Waals surface area contributed by atoms with Crippen molar-refractivity contribution < 1.29 is 49.8 Å². The SMILES string of the molecule is N[C@@](OC(=O)C(F)(F)F)(c1cn2ncc([C@H](NC(=O)COC3CC(F)(F)C3)C3CC3)cc2n1)C1CCC(F)(F)CC1. The highest BCUT2D eigenvalue weighted by Gasteiger charge is 2.52. The van der Waals surface area contributed by atoms with Gasteiger partial charge in [-0.25, -0.2) is 31.9 Å². The second-order valence-corrected chi connectivity index (χ2v) is 11.1. The Morgan fingerprint density at radius 2 is 1.76 bits per heavy atom. The Morgan fingerprint density at radius 1 is 1.10 bits per heavy atom. The molecular weight excluding hydrogens is 567 g/mol. The van der Waals surface area contributed by atoms with Crippen LogP contribution in [0.3, 0.4) is 0 Å². The van der Waals surface area contributed by atoms with E-state index in [1.54, 1.807) is 0 Å². The average molecular weight is 596 g/mol. The van der Waals surface area contributed by atoms with E-state index in [0.717, 1.165) is 12.8 Å². The number of imidazole rings is 1. The molecule has 41 heavy (non-hydrogen) atoms.